The lowest BCUT2D eigenvalue weighted by Gasteiger charge is -2.22. The first-order chi connectivity index (χ1) is 6.33. The van der Waals surface area contributed by atoms with Crippen molar-refractivity contribution in [1.29, 1.82) is 0 Å². The lowest BCUT2D eigenvalue weighted by Crippen LogP contribution is -2.35. The molecule has 1 aliphatic rings. The Morgan fingerprint density at radius 2 is 2.54 bits per heavy atom. The van der Waals surface area contributed by atoms with E-state index in [9.17, 15) is 0 Å². The number of amidine groups is 1. The average Bonchev–Trinajstić information content (AvgIpc) is 2.19. The zero-order chi connectivity index (χ0) is 9.52. The third-order valence-electron chi connectivity index (χ3n) is 2.12. The Labute approximate surface area is 77.9 Å². The summed E-state index contributed by atoms with van der Waals surface area (Å²) < 4.78 is 5.32. The van der Waals surface area contributed by atoms with E-state index in [0.29, 0.717) is 12.5 Å². The van der Waals surface area contributed by atoms with Gasteiger partial charge in [0, 0.05) is 13.2 Å². The maximum atomic E-state index is 8.27. The summed E-state index contributed by atoms with van der Waals surface area (Å²) >= 11 is 0. The molecule has 0 saturated carbocycles. The van der Waals surface area contributed by atoms with Crippen molar-refractivity contribution in [3.63, 3.8) is 0 Å². The largest absolute Gasteiger partial charge is 0.409 e. The molecule has 76 valence electrons. The molecule has 0 amide bonds. The van der Waals surface area contributed by atoms with E-state index in [2.05, 4.69) is 10.5 Å². The fourth-order valence-electron chi connectivity index (χ4n) is 1.41. The molecule has 0 aromatic heterocycles. The van der Waals surface area contributed by atoms with Gasteiger partial charge in [0.1, 0.15) is 0 Å². The van der Waals surface area contributed by atoms with E-state index < -0.39 is 0 Å². The Morgan fingerprint density at radius 3 is 3.15 bits per heavy atom. The molecule has 1 atom stereocenters. The molecule has 0 radical (unpaired) electrons. The minimum absolute atomic E-state index is 0.219. The first-order valence-corrected chi connectivity index (χ1v) is 4.58. The predicted molar refractivity (Wildman–Crippen MR) is 49.8 cm³/mol. The second kappa shape index (κ2) is 5.77. The minimum atomic E-state index is 0.219. The highest BCUT2D eigenvalue weighted by atomic mass is 16.5. The molecule has 0 bridgehead atoms. The Hall–Kier alpha value is -0.810. The highest BCUT2D eigenvalue weighted by Crippen LogP contribution is 2.11. The molecule has 0 aromatic rings. The Balaban J connectivity index is 2.04. The third kappa shape index (κ3) is 4.10. The van der Waals surface area contributed by atoms with Gasteiger partial charge in [0.2, 0.25) is 0 Å². The van der Waals surface area contributed by atoms with E-state index in [-0.39, 0.29) is 5.84 Å². The topological polar surface area (TPSA) is 79.9 Å². The molecular formula is C8H17N3O2. The quantitative estimate of drug-likeness (QED) is 0.245. The molecule has 1 heterocycles. The van der Waals surface area contributed by atoms with Gasteiger partial charge in [0.05, 0.1) is 13.2 Å². The van der Waals surface area contributed by atoms with E-state index in [0.717, 1.165) is 26.2 Å². The summed E-state index contributed by atoms with van der Waals surface area (Å²) in [5, 5.41) is 14.3. The van der Waals surface area contributed by atoms with Crippen molar-refractivity contribution in [2.75, 3.05) is 26.3 Å². The molecule has 1 saturated heterocycles. The standard InChI is InChI=1S/C8H17N3O2/c9-8(11-12)5-10-4-7-2-1-3-13-6-7/h7,10,12H,1-6H2,(H2,9,11). The molecule has 1 fully saturated rings. The smallest absolute Gasteiger partial charge is 0.153 e. The number of rotatable bonds is 4. The summed E-state index contributed by atoms with van der Waals surface area (Å²) in [7, 11) is 0. The van der Waals surface area contributed by atoms with Crippen molar-refractivity contribution in [3.8, 4) is 0 Å². The Kier molecular flexibility index (Phi) is 4.56. The van der Waals surface area contributed by atoms with Crippen LogP contribution in [0.1, 0.15) is 12.8 Å². The summed E-state index contributed by atoms with van der Waals surface area (Å²) in [6, 6.07) is 0. The van der Waals surface area contributed by atoms with Crippen LogP contribution in [0.2, 0.25) is 0 Å². The Bertz CT molecular complexity index is 167. The van der Waals surface area contributed by atoms with Crippen molar-refractivity contribution in [2.24, 2.45) is 16.8 Å². The van der Waals surface area contributed by atoms with Crippen LogP contribution >= 0.6 is 0 Å². The summed E-state index contributed by atoms with van der Waals surface area (Å²) in [6.07, 6.45) is 2.33. The van der Waals surface area contributed by atoms with Gasteiger partial charge in [-0.2, -0.15) is 0 Å². The van der Waals surface area contributed by atoms with Gasteiger partial charge in [0.15, 0.2) is 5.84 Å². The van der Waals surface area contributed by atoms with Gasteiger partial charge in [-0.25, -0.2) is 0 Å². The highest BCUT2D eigenvalue weighted by molar-refractivity contribution is 5.81. The number of nitrogens with zero attached hydrogens (tertiary/aromatic N) is 1. The maximum absolute atomic E-state index is 8.27. The Morgan fingerprint density at radius 1 is 1.69 bits per heavy atom. The molecule has 4 N–H and O–H groups in total. The van der Waals surface area contributed by atoms with Crippen molar-refractivity contribution >= 4 is 5.84 Å². The lowest BCUT2D eigenvalue weighted by atomic mass is 10.0. The van der Waals surface area contributed by atoms with Crippen LogP contribution in [0, 0.1) is 5.92 Å². The van der Waals surface area contributed by atoms with Gasteiger partial charge < -0.3 is 21.0 Å². The second-order valence-electron chi connectivity index (χ2n) is 3.31. The van der Waals surface area contributed by atoms with E-state index in [4.69, 9.17) is 15.7 Å². The fraction of sp³-hybridized carbons (Fsp3) is 0.875. The first-order valence-electron chi connectivity index (χ1n) is 4.58. The molecule has 13 heavy (non-hydrogen) atoms. The van der Waals surface area contributed by atoms with Crippen molar-refractivity contribution in [1.82, 2.24) is 5.32 Å². The monoisotopic (exact) mass is 187 g/mol. The SMILES string of the molecule is NC(CNCC1CCCOC1)=NO. The average molecular weight is 187 g/mol. The molecule has 5 heteroatoms. The zero-order valence-electron chi connectivity index (χ0n) is 7.70. The van der Waals surface area contributed by atoms with Crippen LogP contribution in [0.4, 0.5) is 0 Å². The van der Waals surface area contributed by atoms with Gasteiger partial charge in [-0.3, -0.25) is 0 Å². The third-order valence-corrected chi connectivity index (χ3v) is 2.12. The van der Waals surface area contributed by atoms with E-state index in [1.165, 1.54) is 6.42 Å². The fourth-order valence-corrected chi connectivity index (χ4v) is 1.41. The number of nitrogens with two attached hydrogens (primary N) is 1. The van der Waals surface area contributed by atoms with Crippen molar-refractivity contribution in [3.05, 3.63) is 0 Å². The van der Waals surface area contributed by atoms with Crippen molar-refractivity contribution < 1.29 is 9.94 Å². The molecule has 5 nitrogen and oxygen atoms in total. The van der Waals surface area contributed by atoms with Crippen LogP contribution in [0.25, 0.3) is 0 Å². The second-order valence-corrected chi connectivity index (χ2v) is 3.31. The molecule has 1 unspecified atom stereocenters. The molecule has 0 spiro atoms. The van der Waals surface area contributed by atoms with Gasteiger partial charge in [-0.1, -0.05) is 5.16 Å². The van der Waals surface area contributed by atoms with Crippen molar-refractivity contribution in [2.45, 2.75) is 12.8 Å². The minimum Gasteiger partial charge on any atom is -0.409 e. The number of oxime groups is 1. The van der Waals surface area contributed by atoms with E-state index in [1.54, 1.807) is 0 Å². The summed E-state index contributed by atoms with van der Waals surface area (Å²) in [4.78, 5) is 0. The van der Waals surface area contributed by atoms with Crippen LogP contribution in [-0.2, 0) is 4.74 Å². The highest BCUT2D eigenvalue weighted by Gasteiger charge is 2.12. The van der Waals surface area contributed by atoms with Gasteiger partial charge in [-0.05, 0) is 18.8 Å². The van der Waals surface area contributed by atoms with Crippen LogP contribution in [-0.4, -0.2) is 37.3 Å². The van der Waals surface area contributed by atoms with E-state index >= 15 is 0 Å². The van der Waals surface area contributed by atoms with Crippen LogP contribution in [0.5, 0.6) is 0 Å². The molecule has 0 aliphatic carbocycles. The van der Waals surface area contributed by atoms with E-state index in [1.807, 2.05) is 0 Å². The maximum Gasteiger partial charge on any atom is 0.153 e. The van der Waals surface area contributed by atoms with Gasteiger partial charge in [-0.15, -0.1) is 0 Å². The number of ether oxygens (including phenoxy) is 1. The van der Waals surface area contributed by atoms with Crippen LogP contribution < -0.4 is 11.1 Å². The number of hydrogen-bond acceptors (Lipinski definition) is 4. The van der Waals surface area contributed by atoms with Crippen LogP contribution in [0.15, 0.2) is 5.16 Å². The summed E-state index contributed by atoms with van der Waals surface area (Å²) in [6.45, 7) is 3.02. The number of hydrogen-bond donors (Lipinski definition) is 3. The normalized spacial score (nSPS) is 24.6. The molecule has 1 rings (SSSR count). The molecular weight excluding hydrogens is 170 g/mol. The van der Waals surface area contributed by atoms with Gasteiger partial charge >= 0.3 is 0 Å². The van der Waals surface area contributed by atoms with Gasteiger partial charge in [0.25, 0.3) is 0 Å². The number of nitrogens with one attached hydrogen (secondary N) is 1. The lowest BCUT2D eigenvalue weighted by molar-refractivity contribution is 0.0553. The summed E-state index contributed by atoms with van der Waals surface area (Å²) in [5.74, 6) is 0.789. The van der Waals surface area contributed by atoms with Crippen LogP contribution in [0.3, 0.4) is 0 Å². The summed E-state index contributed by atoms with van der Waals surface area (Å²) in [5.41, 5.74) is 5.29. The zero-order valence-corrected chi connectivity index (χ0v) is 7.70. The molecule has 1 aliphatic heterocycles. The predicted octanol–water partition coefficient (Wildman–Crippen LogP) is -0.251. The first kappa shape index (κ1) is 10.3. The molecule has 0 aromatic carbocycles.